The van der Waals surface area contributed by atoms with Gasteiger partial charge in [0.2, 0.25) is 0 Å². The zero-order valence-electron chi connectivity index (χ0n) is 16.4. The molecule has 0 radical (unpaired) electrons. The minimum Gasteiger partial charge on any atom is -0.334 e. The van der Waals surface area contributed by atoms with Crippen LogP contribution < -0.4 is 0 Å². The highest BCUT2D eigenvalue weighted by atomic mass is 15.3. The molecule has 0 saturated heterocycles. The molecule has 4 rings (SSSR count). The van der Waals surface area contributed by atoms with Crippen molar-refractivity contribution in [3.8, 4) is 11.3 Å². The molecule has 0 aliphatic rings. The van der Waals surface area contributed by atoms with Gasteiger partial charge in [0.25, 0.3) is 0 Å². The minimum atomic E-state index is 0.842. The molecule has 28 heavy (non-hydrogen) atoms. The zero-order chi connectivity index (χ0) is 19.3. The van der Waals surface area contributed by atoms with Crippen LogP contribution in [-0.2, 0) is 25.9 Å². The summed E-state index contributed by atoms with van der Waals surface area (Å²) in [5.74, 6) is 0. The number of rotatable bonds is 7. The summed E-state index contributed by atoms with van der Waals surface area (Å²) in [6.07, 6.45) is 5.58. The van der Waals surface area contributed by atoms with Crippen LogP contribution in [0.25, 0.3) is 11.3 Å². The highest BCUT2D eigenvalue weighted by Gasteiger charge is 2.14. The molecule has 1 aromatic carbocycles. The van der Waals surface area contributed by atoms with Crippen LogP contribution in [0.1, 0.15) is 22.8 Å². The van der Waals surface area contributed by atoms with Gasteiger partial charge in [-0.05, 0) is 32.0 Å². The van der Waals surface area contributed by atoms with Gasteiger partial charge in [0, 0.05) is 54.8 Å². The summed E-state index contributed by atoms with van der Waals surface area (Å²) in [6.45, 7) is 5.85. The Labute approximate surface area is 165 Å². The summed E-state index contributed by atoms with van der Waals surface area (Å²) >= 11 is 0. The van der Waals surface area contributed by atoms with E-state index in [-0.39, 0.29) is 0 Å². The third kappa shape index (κ3) is 4.03. The van der Waals surface area contributed by atoms with Crippen molar-refractivity contribution in [1.29, 1.82) is 0 Å². The van der Waals surface area contributed by atoms with Crippen molar-refractivity contribution in [2.24, 2.45) is 0 Å². The number of aryl methyl sites for hydroxylation is 5. The summed E-state index contributed by atoms with van der Waals surface area (Å²) in [6, 6.07) is 18.6. The molecule has 0 amide bonds. The molecule has 3 aromatic heterocycles. The van der Waals surface area contributed by atoms with Crippen molar-refractivity contribution in [1.82, 2.24) is 24.3 Å². The number of pyridine rings is 1. The third-order valence-corrected chi connectivity index (χ3v) is 4.99. The van der Waals surface area contributed by atoms with Gasteiger partial charge in [-0.2, -0.15) is 5.10 Å². The van der Waals surface area contributed by atoms with Gasteiger partial charge in [0.15, 0.2) is 0 Å². The van der Waals surface area contributed by atoms with Crippen LogP contribution >= 0.6 is 0 Å². The molecule has 0 bridgehead atoms. The van der Waals surface area contributed by atoms with Crippen LogP contribution in [0, 0.1) is 13.8 Å². The summed E-state index contributed by atoms with van der Waals surface area (Å²) in [5, 5.41) is 4.61. The molecule has 0 aliphatic heterocycles. The van der Waals surface area contributed by atoms with Crippen LogP contribution in [-0.4, -0.2) is 24.3 Å². The number of aromatic nitrogens is 5. The van der Waals surface area contributed by atoms with Crippen molar-refractivity contribution in [3.63, 3.8) is 0 Å². The minimum absolute atomic E-state index is 0.842. The van der Waals surface area contributed by atoms with E-state index < -0.39 is 0 Å². The molecule has 0 spiro atoms. The lowest BCUT2D eigenvalue weighted by Crippen LogP contribution is -2.11. The lowest BCUT2D eigenvalue weighted by molar-refractivity contribution is 0.565. The Hall–Kier alpha value is -3.21. The van der Waals surface area contributed by atoms with E-state index in [9.17, 15) is 0 Å². The van der Waals surface area contributed by atoms with Gasteiger partial charge in [-0.15, -0.1) is 0 Å². The van der Waals surface area contributed by atoms with Gasteiger partial charge in [0.1, 0.15) is 0 Å². The smallest absolute Gasteiger partial charge is 0.0956 e. The number of hydrogen-bond donors (Lipinski definition) is 0. The maximum Gasteiger partial charge on any atom is 0.0956 e. The first kappa shape index (κ1) is 18.2. The van der Waals surface area contributed by atoms with E-state index in [1.807, 2.05) is 37.6 Å². The van der Waals surface area contributed by atoms with E-state index >= 15 is 0 Å². The lowest BCUT2D eigenvalue weighted by atomic mass is 10.1. The largest absolute Gasteiger partial charge is 0.334 e. The quantitative estimate of drug-likeness (QED) is 0.488. The zero-order valence-corrected chi connectivity index (χ0v) is 16.4. The number of benzene rings is 1. The third-order valence-electron chi connectivity index (χ3n) is 4.99. The second-order valence-corrected chi connectivity index (χ2v) is 7.07. The predicted molar refractivity (Wildman–Crippen MR) is 111 cm³/mol. The molecule has 0 aliphatic carbocycles. The van der Waals surface area contributed by atoms with E-state index in [4.69, 9.17) is 4.98 Å². The normalized spacial score (nSPS) is 11.1. The van der Waals surface area contributed by atoms with E-state index in [1.165, 1.54) is 11.4 Å². The second-order valence-electron chi connectivity index (χ2n) is 7.07. The molecule has 4 aromatic rings. The van der Waals surface area contributed by atoms with E-state index in [0.29, 0.717) is 0 Å². The first-order valence-electron chi connectivity index (χ1n) is 9.71. The molecule has 5 heteroatoms. The van der Waals surface area contributed by atoms with Crippen LogP contribution in [0.5, 0.6) is 0 Å². The van der Waals surface area contributed by atoms with Gasteiger partial charge in [-0.1, -0.05) is 36.4 Å². The number of imidazole rings is 1. The highest BCUT2D eigenvalue weighted by Crippen LogP contribution is 2.23. The maximum absolute atomic E-state index is 4.75. The first-order valence-corrected chi connectivity index (χ1v) is 9.71. The fourth-order valence-electron chi connectivity index (χ4n) is 3.59. The fourth-order valence-corrected chi connectivity index (χ4v) is 3.59. The van der Waals surface area contributed by atoms with Crippen molar-refractivity contribution >= 4 is 0 Å². The Bertz CT molecular complexity index is 1030. The number of hydrogen-bond acceptors (Lipinski definition) is 3. The van der Waals surface area contributed by atoms with E-state index in [1.54, 1.807) is 0 Å². The van der Waals surface area contributed by atoms with Crippen molar-refractivity contribution < 1.29 is 0 Å². The SMILES string of the molecule is Cc1cc(C)n(CCc2c(-c3ccccc3)ncn2CCc2ccccn2)n1. The molecule has 142 valence electrons. The van der Waals surface area contributed by atoms with Gasteiger partial charge >= 0.3 is 0 Å². The number of nitrogens with zero attached hydrogens (tertiary/aromatic N) is 5. The Balaban J connectivity index is 1.60. The molecule has 5 nitrogen and oxygen atoms in total. The monoisotopic (exact) mass is 371 g/mol. The Kier molecular flexibility index (Phi) is 5.33. The van der Waals surface area contributed by atoms with Crippen molar-refractivity contribution in [3.05, 3.63) is 89.9 Å². The summed E-state index contributed by atoms with van der Waals surface area (Å²) < 4.78 is 4.35. The Morgan fingerprint density at radius 2 is 1.68 bits per heavy atom. The molecular weight excluding hydrogens is 346 g/mol. The van der Waals surface area contributed by atoms with E-state index in [0.717, 1.165) is 48.6 Å². The molecule has 0 N–H and O–H groups in total. The average molecular weight is 371 g/mol. The van der Waals surface area contributed by atoms with Crippen LogP contribution in [0.2, 0.25) is 0 Å². The second kappa shape index (κ2) is 8.21. The van der Waals surface area contributed by atoms with Gasteiger partial charge in [0.05, 0.1) is 17.7 Å². The summed E-state index contributed by atoms with van der Waals surface area (Å²) in [7, 11) is 0. The summed E-state index contributed by atoms with van der Waals surface area (Å²) in [5.41, 5.74) is 6.81. The first-order chi connectivity index (χ1) is 13.7. The Morgan fingerprint density at radius 3 is 2.39 bits per heavy atom. The highest BCUT2D eigenvalue weighted by molar-refractivity contribution is 5.61. The fraction of sp³-hybridized carbons (Fsp3) is 0.261. The molecular formula is C23H25N5. The molecule has 3 heterocycles. The predicted octanol–water partition coefficient (Wildman–Crippen LogP) is 4.24. The standard InChI is InChI=1S/C23H25N5/c1-18-16-19(2)28(26-18)15-12-22-23(20-8-4-3-5-9-20)25-17-27(22)14-11-21-10-6-7-13-24-21/h3-10,13,16-17H,11-12,14-15H2,1-2H3. The topological polar surface area (TPSA) is 48.5 Å². The maximum atomic E-state index is 4.75. The van der Waals surface area contributed by atoms with Crippen molar-refractivity contribution in [2.45, 2.75) is 39.8 Å². The summed E-state index contributed by atoms with van der Waals surface area (Å²) in [4.78, 5) is 9.20. The lowest BCUT2D eigenvalue weighted by Gasteiger charge is -2.11. The van der Waals surface area contributed by atoms with Gasteiger partial charge in [-0.25, -0.2) is 4.98 Å². The molecule has 0 unspecified atom stereocenters. The average Bonchev–Trinajstić information content (AvgIpc) is 3.28. The van der Waals surface area contributed by atoms with Crippen LogP contribution in [0.15, 0.2) is 67.1 Å². The molecule has 0 atom stereocenters. The van der Waals surface area contributed by atoms with Gasteiger partial charge in [-0.3, -0.25) is 9.67 Å². The van der Waals surface area contributed by atoms with Crippen molar-refractivity contribution in [2.75, 3.05) is 0 Å². The Morgan fingerprint density at radius 1 is 0.857 bits per heavy atom. The van der Waals surface area contributed by atoms with Gasteiger partial charge < -0.3 is 4.57 Å². The van der Waals surface area contributed by atoms with E-state index in [2.05, 4.69) is 62.7 Å². The van der Waals surface area contributed by atoms with Crippen LogP contribution in [0.3, 0.4) is 0 Å². The molecule has 0 fully saturated rings. The molecule has 0 saturated carbocycles. The van der Waals surface area contributed by atoms with Crippen LogP contribution in [0.4, 0.5) is 0 Å².